The highest BCUT2D eigenvalue weighted by Gasteiger charge is 2.43. The van der Waals surface area contributed by atoms with E-state index in [0.29, 0.717) is 58.2 Å². The van der Waals surface area contributed by atoms with E-state index in [0.717, 1.165) is 11.3 Å². The minimum Gasteiger partial charge on any atom is -0.479 e. The summed E-state index contributed by atoms with van der Waals surface area (Å²) in [6, 6.07) is 8.08. The lowest BCUT2D eigenvalue weighted by atomic mass is 9.77. The molecule has 3 heterocycles. The summed E-state index contributed by atoms with van der Waals surface area (Å²) in [7, 11) is 1.44. The molecule has 0 atom stereocenters. The van der Waals surface area contributed by atoms with E-state index in [-0.39, 0.29) is 11.7 Å². The summed E-state index contributed by atoms with van der Waals surface area (Å²) in [5.74, 6) is -0.807. The number of aromatic nitrogens is 4. The van der Waals surface area contributed by atoms with E-state index in [9.17, 15) is 14.3 Å². The predicted octanol–water partition coefficient (Wildman–Crippen LogP) is 4.56. The number of nitrogens with two attached hydrogens (primary N) is 1. The molecule has 33 heavy (non-hydrogen) atoms. The Kier molecular flexibility index (Phi) is 5.29. The van der Waals surface area contributed by atoms with Crippen LogP contribution in [0.15, 0.2) is 41.1 Å². The number of nitrogens with zero attached hydrogens (tertiary/aromatic N) is 4. The van der Waals surface area contributed by atoms with Crippen LogP contribution in [0, 0.1) is 5.82 Å². The van der Waals surface area contributed by atoms with Crippen molar-refractivity contribution in [2.75, 3.05) is 12.8 Å². The molecule has 1 aliphatic carbocycles. The molecule has 3 aromatic heterocycles. The van der Waals surface area contributed by atoms with Gasteiger partial charge in [0.05, 0.1) is 11.1 Å². The Bertz CT molecular complexity index is 1400. The molecule has 0 radical (unpaired) electrons. The van der Waals surface area contributed by atoms with Crippen molar-refractivity contribution in [3.63, 3.8) is 0 Å². The van der Waals surface area contributed by atoms with Crippen LogP contribution < -0.4 is 5.73 Å². The van der Waals surface area contributed by atoms with E-state index >= 15 is 0 Å². The molecule has 0 aliphatic heterocycles. The number of hydrogen-bond donors (Lipinski definition) is 2. The third kappa shape index (κ3) is 3.63. The SMILES string of the molecule is COC1(C(=O)O)CCC(c2cc(N)n3nc(Br)c(-c4cnc5ccc(F)cc5c4)c3n2)CC1. The predicted molar refractivity (Wildman–Crippen MR) is 124 cm³/mol. The minimum absolute atomic E-state index is 0.0466. The maximum absolute atomic E-state index is 13.8. The number of halogens is 2. The van der Waals surface area contributed by atoms with Gasteiger partial charge in [-0.3, -0.25) is 4.98 Å². The second-order valence-electron chi connectivity index (χ2n) is 8.35. The number of anilines is 1. The van der Waals surface area contributed by atoms with Crippen molar-refractivity contribution in [1.82, 2.24) is 19.6 Å². The lowest BCUT2D eigenvalue weighted by Crippen LogP contribution is -2.43. The van der Waals surface area contributed by atoms with Crippen molar-refractivity contribution in [2.45, 2.75) is 37.2 Å². The van der Waals surface area contributed by atoms with Crippen molar-refractivity contribution in [2.24, 2.45) is 0 Å². The first-order valence-electron chi connectivity index (χ1n) is 10.5. The van der Waals surface area contributed by atoms with E-state index < -0.39 is 11.6 Å². The number of ether oxygens (including phenoxy) is 1. The van der Waals surface area contributed by atoms with Gasteiger partial charge in [0.1, 0.15) is 16.2 Å². The number of carbonyl (C=O) groups is 1. The first kappa shape index (κ1) is 21.7. The molecule has 1 fully saturated rings. The molecule has 3 N–H and O–H groups in total. The molecule has 10 heteroatoms. The maximum Gasteiger partial charge on any atom is 0.335 e. The van der Waals surface area contributed by atoms with E-state index in [1.807, 2.05) is 6.07 Å². The number of pyridine rings is 1. The quantitative estimate of drug-likeness (QED) is 0.410. The van der Waals surface area contributed by atoms with Gasteiger partial charge in [-0.15, -0.1) is 0 Å². The fourth-order valence-electron chi connectivity index (χ4n) is 4.62. The molecule has 1 saturated carbocycles. The number of benzene rings is 1. The van der Waals surface area contributed by atoms with Crippen LogP contribution in [0.2, 0.25) is 0 Å². The van der Waals surface area contributed by atoms with Gasteiger partial charge >= 0.3 is 5.97 Å². The molecule has 0 spiro atoms. The van der Waals surface area contributed by atoms with Crippen LogP contribution in [0.5, 0.6) is 0 Å². The molecule has 1 aliphatic rings. The third-order valence-corrected chi connectivity index (χ3v) is 7.07. The summed E-state index contributed by atoms with van der Waals surface area (Å²) < 4.78 is 21.2. The molecule has 0 unspecified atom stereocenters. The molecule has 8 nitrogen and oxygen atoms in total. The molecule has 0 saturated heterocycles. The summed E-state index contributed by atoms with van der Waals surface area (Å²) in [6.45, 7) is 0. The second kappa shape index (κ2) is 8.03. The van der Waals surface area contributed by atoms with Gasteiger partial charge in [0.25, 0.3) is 0 Å². The maximum atomic E-state index is 13.8. The monoisotopic (exact) mass is 513 g/mol. The van der Waals surface area contributed by atoms with Crippen molar-refractivity contribution < 1.29 is 19.0 Å². The van der Waals surface area contributed by atoms with Crippen LogP contribution in [-0.4, -0.2) is 43.4 Å². The van der Waals surface area contributed by atoms with Crippen LogP contribution in [0.25, 0.3) is 27.7 Å². The van der Waals surface area contributed by atoms with Crippen LogP contribution in [0.4, 0.5) is 10.2 Å². The van der Waals surface area contributed by atoms with Gasteiger partial charge in [-0.1, -0.05) is 0 Å². The molecule has 0 bridgehead atoms. The average molecular weight is 514 g/mol. The lowest BCUT2D eigenvalue weighted by Gasteiger charge is -2.35. The Hall–Kier alpha value is -3.11. The Morgan fingerprint density at radius 3 is 2.76 bits per heavy atom. The summed E-state index contributed by atoms with van der Waals surface area (Å²) >= 11 is 3.51. The van der Waals surface area contributed by atoms with Crippen LogP contribution in [0.3, 0.4) is 0 Å². The van der Waals surface area contributed by atoms with Gasteiger partial charge in [0, 0.05) is 41.9 Å². The molecule has 1 aromatic carbocycles. The van der Waals surface area contributed by atoms with Crippen LogP contribution in [0.1, 0.15) is 37.3 Å². The Morgan fingerprint density at radius 1 is 1.30 bits per heavy atom. The Labute approximate surface area is 196 Å². The molecule has 4 aromatic rings. The van der Waals surface area contributed by atoms with Gasteiger partial charge in [-0.25, -0.2) is 14.2 Å². The number of nitrogen functional groups attached to an aromatic ring is 1. The average Bonchev–Trinajstić information content (AvgIpc) is 3.14. The first-order valence-corrected chi connectivity index (χ1v) is 11.3. The van der Waals surface area contributed by atoms with Gasteiger partial charge < -0.3 is 15.6 Å². The van der Waals surface area contributed by atoms with E-state index in [1.165, 1.54) is 19.2 Å². The van der Waals surface area contributed by atoms with Crippen molar-refractivity contribution in [1.29, 1.82) is 0 Å². The van der Waals surface area contributed by atoms with Crippen molar-refractivity contribution >= 4 is 44.3 Å². The van der Waals surface area contributed by atoms with Crippen molar-refractivity contribution in [3.05, 3.63) is 52.6 Å². The molecular formula is C23H21BrFN5O3. The lowest BCUT2D eigenvalue weighted by molar-refractivity contribution is -0.166. The van der Waals surface area contributed by atoms with E-state index in [1.54, 1.807) is 22.8 Å². The zero-order chi connectivity index (χ0) is 23.3. The first-order chi connectivity index (χ1) is 15.8. The fraction of sp³-hybridized carbons (Fsp3) is 0.304. The number of fused-ring (bicyclic) bond motifs is 2. The van der Waals surface area contributed by atoms with Gasteiger partial charge in [0.2, 0.25) is 0 Å². The molecular weight excluding hydrogens is 493 g/mol. The number of aliphatic carboxylic acids is 1. The van der Waals surface area contributed by atoms with Gasteiger partial charge in [-0.2, -0.15) is 9.61 Å². The topological polar surface area (TPSA) is 116 Å². The normalized spacial score (nSPS) is 21.0. The zero-order valence-corrected chi connectivity index (χ0v) is 19.3. The third-order valence-electron chi connectivity index (χ3n) is 6.52. The fourth-order valence-corrected chi connectivity index (χ4v) is 5.18. The molecule has 0 amide bonds. The highest BCUT2D eigenvalue weighted by atomic mass is 79.9. The summed E-state index contributed by atoms with van der Waals surface area (Å²) in [6.07, 6.45) is 3.72. The standard InChI is InChI=1S/C23H21BrFN5O3/c1-33-23(22(31)32)6-4-12(5-7-23)17-10-18(26)30-21(28-17)19(20(24)29-30)14-8-13-9-15(25)2-3-16(13)27-11-14/h2-3,8-12H,4-7,26H2,1H3,(H,31,32). The van der Waals surface area contributed by atoms with Gasteiger partial charge in [0.15, 0.2) is 11.2 Å². The van der Waals surface area contributed by atoms with Crippen LogP contribution >= 0.6 is 15.9 Å². The number of rotatable bonds is 4. The Balaban J connectivity index is 1.57. The largest absolute Gasteiger partial charge is 0.479 e. The summed E-state index contributed by atoms with van der Waals surface area (Å²) in [5.41, 5.74) is 8.62. The molecule has 5 rings (SSSR count). The Morgan fingerprint density at radius 2 is 2.06 bits per heavy atom. The van der Waals surface area contributed by atoms with Crippen LogP contribution in [-0.2, 0) is 9.53 Å². The number of hydrogen-bond acceptors (Lipinski definition) is 6. The van der Waals surface area contributed by atoms with Gasteiger partial charge in [-0.05, 0) is 65.9 Å². The number of carboxylic acids is 1. The smallest absolute Gasteiger partial charge is 0.335 e. The number of methoxy groups -OCH3 is 1. The van der Waals surface area contributed by atoms with Crippen molar-refractivity contribution in [3.8, 4) is 11.1 Å². The second-order valence-corrected chi connectivity index (χ2v) is 9.10. The molecule has 170 valence electrons. The zero-order valence-electron chi connectivity index (χ0n) is 17.8. The summed E-state index contributed by atoms with van der Waals surface area (Å²) in [5, 5.41) is 14.7. The van der Waals surface area contributed by atoms with E-state index in [2.05, 4.69) is 26.0 Å². The minimum atomic E-state index is -1.15. The number of carboxylic acid groups (broad SMARTS) is 1. The summed E-state index contributed by atoms with van der Waals surface area (Å²) in [4.78, 5) is 21.0. The highest BCUT2D eigenvalue weighted by molar-refractivity contribution is 9.10. The highest BCUT2D eigenvalue weighted by Crippen LogP contribution is 2.41. The van der Waals surface area contributed by atoms with E-state index in [4.69, 9.17) is 15.5 Å².